The van der Waals surface area contributed by atoms with E-state index in [4.69, 9.17) is 5.73 Å². The zero-order valence-corrected chi connectivity index (χ0v) is 23.4. The molecule has 3 rings (SSSR count). The molecule has 6 atom stereocenters. The van der Waals surface area contributed by atoms with Crippen molar-refractivity contribution in [2.75, 3.05) is 6.54 Å². The van der Waals surface area contributed by atoms with Crippen molar-refractivity contribution < 1.29 is 32.8 Å². The number of likely N-dealkylation sites (tertiary alicyclic amines) is 1. The number of fused-ring (bicyclic) bond motifs is 1. The van der Waals surface area contributed by atoms with Crippen LogP contribution in [-0.4, -0.2) is 70.6 Å². The highest BCUT2D eigenvalue weighted by Gasteiger charge is 2.70. The fourth-order valence-electron chi connectivity index (χ4n) is 5.61. The molecule has 3 fully saturated rings. The largest absolute Gasteiger partial charge is 0.363 e. The number of nitrogens with two attached hydrogens (primary N) is 1. The molecule has 0 aromatic rings. The number of primary amides is 1. The molecule has 38 heavy (non-hydrogen) atoms. The van der Waals surface area contributed by atoms with Gasteiger partial charge in [0.05, 0.1) is 6.04 Å². The van der Waals surface area contributed by atoms with Crippen LogP contribution in [0.1, 0.15) is 68.2 Å². The Kier molecular flexibility index (Phi) is 7.40. The van der Waals surface area contributed by atoms with Crippen molar-refractivity contribution in [3.8, 4) is 0 Å². The Balaban J connectivity index is 1.84. The van der Waals surface area contributed by atoms with Gasteiger partial charge in [-0.15, -0.1) is 0 Å². The van der Waals surface area contributed by atoms with E-state index < -0.39 is 83.3 Å². The predicted molar refractivity (Wildman–Crippen MR) is 135 cm³/mol. The van der Waals surface area contributed by atoms with E-state index in [1.54, 1.807) is 41.5 Å². The fourth-order valence-corrected chi connectivity index (χ4v) is 5.61. The summed E-state index contributed by atoms with van der Waals surface area (Å²) in [5.41, 5.74) is 3.60. The Morgan fingerprint density at radius 2 is 1.58 bits per heavy atom. The summed E-state index contributed by atoms with van der Waals surface area (Å²) >= 11 is 0. The summed E-state index contributed by atoms with van der Waals surface area (Å²) in [5.74, 6) is -7.98. The lowest BCUT2D eigenvalue weighted by Crippen LogP contribution is -2.62. The Hall–Kier alpha value is -2.79. The van der Waals surface area contributed by atoms with Gasteiger partial charge in [0.2, 0.25) is 17.6 Å². The maximum absolute atomic E-state index is 13.8. The highest BCUT2D eigenvalue weighted by atomic mass is 19.3. The van der Waals surface area contributed by atoms with Crippen LogP contribution in [0.3, 0.4) is 0 Å². The van der Waals surface area contributed by atoms with Crippen LogP contribution in [-0.2, 0) is 19.2 Å². The molecular weight excluding hydrogens is 500 g/mol. The number of ketones is 1. The molecule has 0 bridgehead atoms. The molecule has 12 heteroatoms. The summed E-state index contributed by atoms with van der Waals surface area (Å²) in [6.45, 7) is 15.0. The van der Waals surface area contributed by atoms with E-state index in [2.05, 4.69) is 16.0 Å². The Labute approximate surface area is 222 Å². The first-order chi connectivity index (χ1) is 17.1. The van der Waals surface area contributed by atoms with Gasteiger partial charge in [-0.3, -0.25) is 19.2 Å². The summed E-state index contributed by atoms with van der Waals surface area (Å²) in [7, 11) is 0. The van der Waals surface area contributed by atoms with Crippen LogP contribution in [0, 0.1) is 28.6 Å². The second-order valence-electron chi connectivity index (χ2n) is 13.7. The molecule has 1 heterocycles. The van der Waals surface area contributed by atoms with Crippen molar-refractivity contribution in [3.05, 3.63) is 0 Å². The summed E-state index contributed by atoms with van der Waals surface area (Å²) in [5, 5.41) is 7.98. The number of hydrogen-bond acceptors (Lipinski definition) is 5. The number of carbonyl (C=O) groups excluding carboxylic acids is 5. The summed E-state index contributed by atoms with van der Waals surface area (Å²) in [4.78, 5) is 65.5. The van der Waals surface area contributed by atoms with Crippen LogP contribution in [0.5, 0.6) is 0 Å². The molecule has 214 valence electrons. The third-order valence-corrected chi connectivity index (χ3v) is 7.99. The lowest BCUT2D eigenvalue weighted by molar-refractivity contribution is -0.145. The first-order valence-electron chi connectivity index (χ1n) is 13.0. The second kappa shape index (κ2) is 9.44. The van der Waals surface area contributed by atoms with Gasteiger partial charge in [-0.25, -0.2) is 13.6 Å². The molecule has 2 aliphatic carbocycles. The fraction of sp³-hybridized carbons (Fsp3) is 0.808. The standard InChI is InChI=1S/C26H41F2N5O5/c1-23(2,3)18(31-22(38)32-24(4,5)6)21(37)33-11-13-15(25(13,7)8)16(33)20(36)30-14(17(34)19(29)35)9-12-10-26(12,27)28/h12-16,18H,9-11H2,1-8H3,(H2,29,35)(H,30,36)(H2,31,32,38)/t12?,13-,14-,15-,16?,18?/m0/s1. The lowest BCUT2D eigenvalue weighted by Gasteiger charge is -2.38. The van der Waals surface area contributed by atoms with E-state index >= 15 is 0 Å². The van der Waals surface area contributed by atoms with Crippen LogP contribution in [0.2, 0.25) is 0 Å². The van der Waals surface area contributed by atoms with Crippen LogP contribution in [0.15, 0.2) is 0 Å². The van der Waals surface area contributed by atoms with E-state index in [9.17, 15) is 32.8 Å². The number of alkyl halides is 2. The van der Waals surface area contributed by atoms with Crippen molar-refractivity contribution in [2.24, 2.45) is 34.3 Å². The highest BCUT2D eigenvalue weighted by molar-refractivity contribution is 6.37. The molecule has 2 saturated carbocycles. The van der Waals surface area contributed by atoms with Gasteiger partial charge in [0.1, 0.15) is 12.1 Å². The van der Waals surface area contributed by atoms with Crippen molar-refractivity contribution in [2.45, 2.75) is 97.8 Å². The zero-order chi connectivity index (χ0) is 29.2. The molecule has 5 N–H and O–H groups in total. The van der Waals surface area contributed by atoms with Crippen molar-refractivity contribution in [1.82, 2.24) is 20.9 Å². The maximum atomic E-state index is 13.8. The second-order valence-corrected chi connectivity index (χ2v) is 13.7. The summed E-state index contributed by atoms with van der Waals surface area (Å²) in [6, 6.07) is -4.02. The van der Waals surface area contributed by atoms with Gasteiger partial charge < -0.3 is 26.6 Å². The molecule has 0 radical (unpaired) electrons. The smallest absolute Gasteiger partial charge is 0.315 e. The number of piperidine rings is 1. The number of halogens is 2. The molecule has 1 aliphatic heterocycles. The molecule has 5 amide bonds. The third kappa shape index (κ3) is 6.09. The van der Waals surface area contributed by atoms with Crippen molar-refractivity contribution in [3.63, 3.8) is 0 Å². The zero-order valence-electron chi connectivity index (χ0n) is 23.4. The van der Waals surface area contributed by atoms with Gasteiger partial charge in [-0.1, -0.05) is 34.6 Å². The summed E-state index contributed by atoms with van der Waals surface area (Å²) in [6.07, 6.45) is -0.857. The molecule has 3 unspecified atom stereocenters. The van der Waals surface area contributed by atoms with Gasteiger partial charge in [-0.05, 0) is 49.9 Å². The Morgan fingerprint density at radius 1 is 1.03 bits per heavy atom. The number of carbonyl (C=O) groups is 5. The normalized spacial score (nSPS) is 28.4. The Bertz CT molecular complexity index is 1030. The van der Waals surface area contributed by atoms with E-state index in [1.165, 1.54) is 4.90 Å². The molecule has 0 aromatic carbocycles. The van der Waals surface area contributed by atoms with E-state index in [1.807, 2.05) is 13.8 Å². The Morgan fingerprint density at radius 3 is 2.03 bits per heavy atom. The number of rotatable bonds is 8. The van der Waals surface area contributed by atoms with Gasteiger partial charge in [0.15, 0.2) is 0 Å². The van der Waals surface area contributed by atoms with Crippen molar-refractivity contribution in [1.29, 1.82) is 0 Å². The number of hydrogen-bond donors (Lipinski definition) is 4. The molecule has 0 aromatic heterocycles. The number of Topliss-reactive ketones (excluding diaryl/α,β-unsaturated/α-hetero) is 1. The quantitative estimate of drug-likeness (QED) is 0.344. The molecular formula is C26H41F2N5O5. The van der Waals surface area contributed by atoms with Crippen LogP contribution < -0.4 is 21.7 Å². The lowest BCUT2D eigenvalue weighted by atomic mass is 9.85. The minimum absolute atomic E-state index is 0.00396. The molecule has 0 spiro atoms. The minimum Gasteiger partial charge on any atom is -0.363 e. The predicted octanol–water partition coefficient (Wildman–Crippen LogP) is 1.57. The number of nitrogens with zero attached hydrogens (tertiary/aromatic N) is 1. The first kappa shape index (κ1) is 29.8. The maximum Gasteiger partial charge on any atom is 0.315 e. The molecule has 10 nitrogen and oxygen atoms in total. The number of nitrogens with one attached hydrogen (secondary N) is 3. The number of amides is 5. The molecule has 1 saturated heterocycles. The van der Waals surface area contributed by atoms with E-state index in [0.29, 0.717) is 0 Å². The van der Waals surface area contributed by atoms with Crippen LogP contribution >= 0.6 is 0 Å². The van der Waals surface area contributed by atoms with Gasteiger partial charge in [-0.2, -0.15) is 0 Å². The topological polar surface area (TPSA) is 151 Å². The SMILES string of the molecule is CC(C)(C)NC(=O)NC(C(=O)N1C[C@H]2[C@@H](C1C(=O)N[C@@H](CC1CC1(F)F)C(=O)C(N)=O)C2(C)C)C(C)(C)C. The summed E-state index contributed by atoms with van der Waals surface area (Å²) < 4.78 is 27.1. The van der Waals surface area contributed by atoms with Gasteiger partial charge in [0.25, 0.3) is 11.8 Å². The van der Waals surface area contributed by atoms with Crippen molar-refractivity contribution >= 4 is 29.5 Å². The van der Waals surface area contributed by atoms with E-state index in [0.717, 1.165) is 0 Å². The monoisotopic (exact) mass is 541 g/mol. The van der Waals surface area contributed by atoms with Gasteiger partial charge in [0, 0.05) is 24.4 Å². The van der Waals surface area contributed by atoms with Crippen LogP contribution in [0.25, 0.3) is 0 Å². The minimum atomic E-state index is -2.96. The van der Waals surface area contributed by atoms with E-state index in [-0.39, 0.29) is 23.8 Å². The van der Waals surface area contributed by atoms with Crippen LogP contribution in [0.4, 0.5) is 13.6 Å². The molecule has 3 aliphatic rings. The first-order valence-corrected chi connectivity index (χ1v) is 13.0. The average molecular weight is 542 g/mol. The average Bonchev–Trinajstić information content (AvgIpc) is 3.39. The third-order valence-electron chi connectivity index (χ3n) is 7.99. The number of urea groups is 1. The highest BCUT2D eigenvalue weighted by Crippen LogP contribution is 2.65. The van der Waals surface area contributed by atoms with Gasteiger partial charge >= 0.3 is 6.03 Å².